The van der Waals surface area contributed by atoms with Crippen molar-refractivity contribution in [3.05, 3.63) is 56.6 Å². The molecule has 0 spiro atoms. The van der Waals surface area contributed by atoms with Crippen LogP contribution in [0.5, 0.6) is 0 Å². The van der Waals surface area contributed by atoms with Crippen LogP contribution in [-0.2, 0) is 24.9 Å². The van der Waals surface area contributed by atoms with E-state index < -0.39 is 16.9 Å². The Hall–Kier alpha value is -4.66. The second kappa shape index (κ2) is 11.3. The lowest BCUT2D eigenvalue weighted by Crippen LogP contribution is -2.44. The zero-order valence-electron chi connectivity index (χ0n) is 24.9. The number of aryl methyl sites for hydroxylation is 2. The zero-order chi connectivity index (χ0) is 30.2. The van der Waals surface area contributed by atoms with E-state index in [2.05, 4.69) is 32.1 Å². The summed E-state index contributed by atoms with van der Waals surface area (Å²) in [5, 5.41) is 4.36. The second-order valence-electron chi connectivity index (χ2n) is 11.5. The quantitative estimate of drug-likeness (QED) is 0.362. The number of carbonyl (C=O) groups is 1. The highest BCUT2D eigenvalue weighted by atomic mass is 16.6. The number of likely N-dealkylation sites (tertiary alicyclic amines) is 1. The van der Waals surface area contributed by atoms with Crippen molar-refractivity contribution >= 4 is 34.1 Å². The molecule has 1 N–H and O–H groups in total. The summed E-state index contributed by atoms with van der Waals surface area (Å²) in [6, 6.07) is 7.63. The number of anilines is 1. The van der Waals surface area contributed by atoms with Crippen LogP contribution in [0.2, 0.25) is 0 Å². The van der Waals surface area contributed by atoms with Gasteiger partial charge < -0.3 is 15.0 Å². The number of imidazole rings is 1. The summed E-state index contributed by atoms with van der Waals surface area (Å²) < 4.78 is 9.75. The molecule has 0 unspecified atom stereocenters. The lowest BCUT2D eigenvalue weighted by Gasteiger charge is -2.33. The molecule has 4 heterocycles. The van der Waals surface area contributed by atoms with Gasteiger partial charge in [0, 0.05) is 37.3 Å². The van der Waals surface area contributed by atoms with Crippen LogP contribution < -0.4 is 16.6 Å². The average molecular weight is 573 g/mol. The fraction of sp³-hybridized carbons (Fsp3) is 0.467. The molecule has 0 atom stereocenters. The highest BCUT2D eigenvalue weighted by molar-refractivity contribution is 5.80. The lowest BCUT2D eigenvalue weighted by molar-refractivity contribution is 0.0210. The van der Waals surface area contributed by atoms with E-state index in [0.717, 1.165) is 21.2 Å². The van der Waals surface area contributed by atoms with Gasteiger partial charge in [0.05, 0.1) is 18.6 Å². The number of carbonyl (C=O) groups excluding carboxylic acids is 1. The Kier molecular flexibility index (Phi) is 7.77. The van der Waals surface area contributed by atoms with Gasteiger partial charge in [-0.15, -0.1) is 5.92 Å². The molecule has 220 valence electrons. The number of nitrogens with one attached hydrogen (secondary N) is 1. The van der Waals surface area contributed by atoms with Gasteiger partial charge in [-0.3, -0.25) is 18.5 Å². The van der Waals surface area contributed by atoms with Gasteiger partial charge in [0.25, 0.3) is 5.56 Å². The Bertz CT molecular complexity index is 1840. The van der Waals surface area contributed by atoms with Crippen LogP contribution >= 0.6 is 0 Å². The van der Waals surface area contributed by atoms with Crippen molar-refractivity contribution < 1.29 is 9.53 Å². The Balaban J connectivity index is 1.47. The molecule has 12 heteroatoms. The molecule has 1 aliphatic rings. The highest BCUT2D eigenvalue weighted by Crippen LogP contribution is 2.22. The minimum absolute atomic E-state index is 0.00191. The molecule has 3 aromatic heterocycles. The van der Waals surface area contributed by atoms with E-state index in [1.54, 1.807) is 23.4 Å². The van der Waals surface area contributed by atoms with Crippen molar-refractivity contribution in [1.82, 2.24) is 33.6 Å². The maximum atomic E-state index is 13.9. The SMILES string of the molecule is CC#CCn1c(NC2CCN(C(=O)OC(C)(C)C)CC2)nc2c1c(=O)n(Cc1nc(C)c3ccccc3n1)c(=O)n2C. The number of aromatic nitrogens is 6. The summed E-state index contributed by atoms with van der Waals surface area (Å²) in [5.74, 6) is 6.73. The highest BCUT2D eigenvalue weighted by Gasteiger charge is 2.28. The third kappa shape index (κ3) is 5.72. The molecule has 0 bridgehead atoms. The summed E-state index contributed by atoms with van der Waals surface area (Å²) in [6.45, 7) is 10.3. The number of amides is 1. The largest absolute Gasteiger partial charge is 0.444 e. The molecule has 0 radical (unpaired) electrons. The van der Waals surface area contributed by atoms with Crippen LogP contribution in [0.25, 0.3) is 22.1 Å². The number of ether oxygens (including phenoxy) is 1. The first-order chi connectivity index (χ1) is 20.0. The number of benzene rings is 1. The normalized spacial score (nSPS) is 14.2. The summed E-state index contributed by atoms with van der Waals surface area (Å²) in [4.78, 5) is 55.3. The molecule has 0 saturated carbocycles. The Morgan fingerprint density at radius 2 is 1.81 bits per heavy atom. The maximum absolute atomic E-state index is 13.9. The number of para-hydroxylation sites is 1. The smallest absolute Gasteiger partial charge is 0.410 e. The molecule has 1 fully saturated rings. The third-order valence-electron chi connectivity index (χ3n) is 7.27. The molecule has 12 nitrogen and oxygen atoms in total. The van der Waals surface area contributed by atoms with E-state index >= 15 is 0 Å². The number of hydrogen-bond donors (Lipinski definition) is 1. The third-order valence-corrected chi connectivity index (χ3v) is 7.27. The van der Waals surface area contributed by atoms with E-state index in [9.17, 15) is 14.4 Å². The monoisotopic (exact) mass is 572 g/mol. The predicted octanol–water partition coefficient (Wildman–Crippen LogP) is 3.03. The van der Waals surface area contributed by atoms with Crippen LogP contribution in [-0.4, -0.2) is 64.4 Å². The van der Waals surface area contributed by atoms with Crippen LogP contribution in [0.3, 0.4) is 0 Å². The fourth-order valence-corrected chi connectivity index (χ4v) is 5.16. The van der Waals surface area contributed by atoms with Gasteiger partial charge >= 0.3 is 11.8 Å². The fourth-order valence-electron chi connectivity index (χ4n) is 5.16. The van der Waals surface area contributed by atoms with Crippen molar-refractivity contribution in [2.75, 3.05) is 18.4 Å². The Morgan fingerprint density at radius 1 is 1.10 bits per heavy atom. The second-order valence-corrected chi connectivity index (χ2v) is 11.5. The van der Waals surface area contributed by atoms with Crippen molar-refractivity contribution in [2.45, 2.75) is 72.2 Å². The van der Waals surface area contributed by atoms with Gasteiger partial charge in [-0.25, -0.2) is 19.6 Å². The predicted molar refractivity (Wildman–Crippen MR) is 161 cm³/mol. The molecule has 1 amide bonds. The van der Waals surface area contributed by atoms with Gasteiger partial charge in [-0.2, -0.15) is 4.98 Å². The molecular formula is C30H36N8O4. The van der Waals surface area contributed by atoms with Crippen LogP contribution in [0.1, 0.15) is 52.1 Å². The van der Waals surface area contributed by atoms with E-state index in [0.29, 0.717) is 37.7 Å². The minimum atomic E-state index is -0.556. The number of nitrogens with zero attached hydrogens (tertiary/aromatic N) is 7. The van der Waals surface area contributed by atoms with Crippen molar-refractivity contribution in [3.8, 4) is 11.8 Å². The average Bonchev–Trinajstić information content (AvgIpc) is 3.30. The van der Waals surface area contributed by atoms with Crippen molar-refractivity contribution in [3.63, 3.8) is 0 Å². The number of piperidine rings is 1. The molecule has 1 saturated heterocycles. The first kappa shape index (κ1) is 28.9. The summed E-state index contributed by atoms with van der Waals surface area (Å²) in [5.41, 5.74) is 0.507. The number of hydrogen-bond acceptors (Lipinski definition) is 8. The van der Waals surface area contributed by atoms with E-state index in [1.807, 2.05) is 52.0 Å². The van der Waals surface area contributed by atoms with Gasteiger partial charge in [0.2, 0.25) is 5.95 Å². The Labute approximate surface area is 243 Å². The molecular weight excluding hydrogens is 536 g/mol. The standard InChI is InChI=1S/C30H36N8O4/c1-7-8-15-37-24-25(34-27(37)32-20-13-16-36(17-14-20)29(41)42-30(3,4)5)35(6)28(40)38(26(24)39)18-23-31-19(2)21-11-9-10-12-22(21)33-23/h9-12,20H,13-18H2,1-6H3,(H,32,34). The molecule has 1 aromatic carbocycles. The van der Waals surface area contributed by atoms with E-state index in [1.165, 1.54) is 4.57 Å². The topological polar surface area (TPSA) is 129 Å². The van der Waals surface area contributed by atoms with E-state index in [-0.39, 0.29) is 36.4 Å². The van der Waals surface area contributed by atoms with Crippen LogP contribution in [0.4, 0.5) is 10.7 Å². The molecule has 4 aromatic rings. The van der Waals surface area contributed by atoms with Gasteiger partial charge in [-0.05, 0) is 53.5 Å². The van der Waals surface area contributed by atoms with E-state index in [4.69, 9.17) is 4.74 Å². The van der Waals surface area contributed by atoms with Crippen molar-refractivity contribution in [2.24, 2.45) is 7.05 Å². The van der Waals surface area contributed by atoms with Crippen molar-refractivity contribution in [1.29, 1.82) is 0 Å². The first-order valence-electron chi connectivity index (χ1n) is 14.0. The van der Waals surface area contributed by atoms with Gasteiger partial charge in [0.15, 0.2) is 11.2 Å². The molecule has 42 heavy (non-hydrogen) atoms. The zero-order valence-corrected chi connectivity index (χ0v) is 24.9. The first-order valence-corrected chi connectivity index (χ1v) is 14.0. The van der Waals surface area contributed by atoms with Crippen LogP contribution in [0.15, 0.2) is 33.9 Å². The summed E-state index contributed by atoms with van der Waals surface area (Å²) in [7, 11) is 1.60. The Morgan fingerprint density at radius 3 is 2.50 bits per heavy atom. The lowest BCUT2D eigenvalue weighted by atomic mass is 10.1. The molecule has 5 rings (SSSR count). The maximum Gasteiger partial charge on any atom is 0.410 e. The molecule has 0 aliphatic carbocycles. The van der Waals surface area contributed by atoms with Crippen LogP contribution in [0, 0.1) is 18.8 Å². The summed E-state index contributed by atoms with van der Waals surface area (Å²) >= 11 is 0. The minimum Gasteiger partial charge on any atom is -0.444 e. The van der Waals surface area contributed by atoms with Gasteiger partial charge in [0.1, 0.15) is 11.4 Å². The van der Waals surface area contributed by atoms with Gasteiger partial charge in [-0.1, -0.05) is 24.1 Å². The summed E-state index contributed by atoms with van der Waals surface area (Å²) in [6.07, 6.45) is 1.01. The number of fused-ring (bicyclic) bond motifs is 2. The number of rotatable bonds is 5. The molecule has 1 aliphatic heterocycles.